The van der Waals surface area contributed by atoms with Gasteiger partial charge in [0.05, 0.1) is 0 Å². The van der Waals surface area contributed by atoms with Crippen LogP contribution in [-0.2, 0) is 4.79 Å². The number of allylic oxidation sites excluding steroid dienone is 2. The maximum atomic E-state index is 13.4. The molecule has 34 heavy (non-hydrogen) atoms. The molecule has 170 valence electrons. The van der Waals surface area contributed by atoms with E-state index in [1.54, 1.807) is 41.3 Å². The van der Waals surface area contributed by atoms with E-state index in [0.29, 0.717) is 51.7 Å². The molecule has 1 aliphatic heterocycles. The molecule has 0 spiro atoms. The van der Waals surface area contributed by atoms with Gasteiger partial charge in [-0.2, -0.15) is 0 Å². The second kappa shape index (κ2) is 9.13. The second-order valence-electron chi connectivity index (χ2n) is 8.41. The predicted molar refractivity (Wildman–Crippen MR) is 138 cm³/mol. The van der Waals surface area contributed by atoms with Crippen molar-refractivity contribution in [3.63, 3.8) is 0 Å². The molecule has 0 bridgehead atoms. The molecule has 6 heteroatoms. The molecule has 0 saturated carbocycles. The summed E-state index contributed by atoms with van der Waals surface area (Å²) in [6.07, 6.45) is 1.79. The highest BCUT2D eigenvalue weighted by molar-refractivity contribution is 6.31. The van der Waals surface area contributed by atoms with E-state index >= 15 is 0 Å². The van der Waals surface area contributed by atoms with Crippen LogP contribution in [0.25, 0.3) is 5.76 Å². The minimum Gasteiger partial charge on any atom is -0.507 e. The van der Waals surface area contributed by atoms with Crippen LogP contribution in [0.4, 0.5) is 5.69 Å². The Morgan fingerprint density at radius 3 is 2.35 bits per heavy atom. The first-order valence-corrected chi connectivity index (χ1v) is 11.9. The van der Waals surface area contributed by atoms with Crippen LogP contribution in [0.3, 0.4) is 0 Å². The monoisotopic (exact) mass is 488 g/mol. The summed E-state index contributed by atoms with van der Waals surface area (Å²) in [5.74, 6) is -0.457. The number of carbonyl (C=O) groups is 1. The van der Waals surface area contributed by atoms with Crippen molar-refractivity contribution in [1.82, 2.24) is 0 Å². The summed E-state index contributed by atoms with van der Waals surface area (Å²) >= 11 is 12.5. The molecule has 2 N–H and O–H groups in total. The number of hydrogen-bond donors (Lipinski definition) is 2. The third-order valence-electron chi connectivity index (χ3n) is 6.33. The van der Waals surface area contributed by atoms with Crippen molar-refractivity contribution in [3.8, 4) is 0 Å². The Bertz CT molecular complexity index is 1340. The molecule has 1 heterocycles. The fraction of sp³-hybridized carbons (Fsp3) is 0.143. The number of benzene rings is 3. The third-order valence-corrected chi connectivity index (χ3v) is 6.81. The number of rotatable bonds is 3. The van der Waals surface area contributed by atoms with Gasteiger partial charge in [-0.05, 0) is 48.7 Å². The number of hydrogen-bond acceptors (Lipinski definition) is 3. The normalized spacial score (nSPS) is 19.8. The molecule has 0 unspecified atom stereocenters. The molecule has 0 radical (unpaired) electrons. The zero-order valence-electron chi connectivity index (χ0n) is 18.3. The highest BCUT2D eigenvalue weighted by atomic mass is 35.5. The largest absolute Gasteiger partial charge is 0.507 e. The van der Waals surface area contributed by atoms with E-state index in [1.807, 2.05) is 42.5 Å². The minimum absolute atomic E-state index is 0.0255. The maximum Gasteiger partial charge on any atom is 0.161 e. The lowest BCUT2D eigenvalue weighted by Gasteiger charge is -2.41. The molecule has 0 amide bonds. The Morgan fingerprint density at radius 2 is 1.65 bits per heavy atom. The summed E-state index contributed by atoms with van der Waals surface area (Å²) < 4.78 is 0. The van der Waals surface area contributed by atoms with Crippen molar-refractivity contribution in [2.24, 2.45) is 0 Å². The molecular formula is C28H22Cl2N2O2. The number of nitrogens with one attached hydrogen (secondary N) is 1. The van der Waals surface area contributed by atoms with Crippen LogP contribution in [-0.4, -0.2) is 16.7 Å². The second-order valence-corrected chi connectivity index (χ2v) is 9.29. The number of aliphatic hydroxyl groups excluding tert-OH is 1. The number of anilines is 1. The van der Waals surface area contributed by atoms with Gasteiger partial charge in [0.1, 0.15) is 11.6 Å². The quantitative estimate of drug-likeness (QED) is 0.374. The summed E-state index contributed by atoms with van der Waals surface area (Å²) in [6, 6.07) is 23.6. The predicted octanol–water partition coefficient (Wildman–Crippen LogP) is 7.55. The Labute approximate surface area is 208 Å². The number of aliphatic hydroxyl groups is 1. The van der Waals surface area contributed by atoms with Crippen LogP contribution < -0.4 is 4.90 Å². The van der Waals surface area contributed by atoms with Crippen molar-refractivity contribution in [1.29, 1.82) is 5.41 Å². The highest BCUT2D eigenvalue weighted by Crippen LogP contribution is 2.48. The molecule has 1 aliphatic carbocycles. The van der Waals surface area contributed by atoms with Gasteiger partial charge in [-0.1, -0.05) is 71.7 Å². The van der Waals surface area contributed by atoms with Crippen LogP contribution >= 0.6 is 23.2 Å². The lowest BCUT2D eigenvalue weighted by atomic mass is 9.73. The van der Waals surface area contributed by atoms with E-state index < -0.39 is 5.92 Å². The fourth-order valence-corrected chi connectivity index (χ4v) is 5.14. The van der Waals surface area contributed by atoms with Crippen LogP contribution in [0, 0.1) is 5.41 Å². The Balaban J connectivity index is 1.83. The van der Waals surface area contributed by atoms with Crippen molar-refractivity contribution in [2.45, 2.75) is 25.2 Å². The number of nitrogens with zero attached hydrogens (tertiary/aromatic N) is 1. The first kappa shape index (κ1) is 22.5. The van der Waals surface area contributed by atoms with Gasteiger partial charge in [0.15, 0.2) is 5.78 Å². The van der Waals surface area contributed by atoms with E-state index in [0.717, 1.165) is 11.3 Å². The number of ketones is 1. The molecule has 5 rings (SSSR count). The number of amidine groups is 1. The van der Waals surface area contributed by atoms with Gasteiger partial charge in [-0.3, -0.25) is 15.1 Å². The summed E-state index contributed by atoms with van der Waals surface area (Å²) in [6.45, 7) is 0. The van der Waals surface area contributed by atoms with Crippen molar-refractivity contribution in [2.75, 3.05) is 4.90 Å². The Morgan fingerprint density at radius 1 is 0.912 bits per heavy atom. The van der Waals surface area contributed by atoms with Crippen molar-refractivity contribution < 1.29 is 9.90 Å². The molecule has 2 aliphatic rings. The molecule has 1 atom stereocenters. The van der Waals surface area contributed by atoms with Crippen LogP contribution in [0.2, 0.25) is 10.0 Å². The fourth-order valence-electron chi connectivity index (χ4n) is 4.83. The number of halogens is 2. The lowest BCUT2D eigenvalue weighted by molar-refractivity contribution is -0.116. The van der Waals surface area contributed by atoms with E-state index in [1.165, 1.54) is 0 Å². The minimum atomic E-state index is -0.580. The molecule has 3 aromatic rings. The molecule has 4 nitrogen and oxygen atoms in total. The van der Waals surface area contributed by atoms with Crippen molar-refractivity contribution >= 4 is 46.3 Å². The van der Waals surface area contributed by atoms with Gasteiger partial charge in [-0.25, -0.2) is 0 Å². The standard InChI is InChI=1S/C28H22Cl2N2O2/c29-19-14-12-17(13-15-19)24-25-22(10-5-11-23(25)33)32(21-9-4-8-20(30)16-21)28(31)26(24)27(34)18-6-2-1-3-7-18/h1-4,6-9,12-16,24,31,34H,5,10-11H2/t24-/m0/s1. The average Bonchev–Trinajstić information content (AvgIpc) is 2.84. The molecular weight excluding hydrogens is 467 g/mol. The Kier molecular flexibility index (Phi) is 6.03. The van der Waals surface area contributed by atoms with E-state index in [2.05, 4.69) is 0 Å². The number of carbonyl (C=O) groups excluding carboxylic acids is 1. The maximum absolute atomic E-state index is 13.4. The summed E-state index contributed by atoms with van der Waals surface area (Å²) in [4.78, 5) is 15.2. The third kappa shape index (κ3) is 3.93. The zero-order chi connectivity index (χ0) is 23.8. The topological polar surface area (TPSA) is 64.4 Å². The van der Waals surface area contributed by atoms with E-state index in [4.69, 9.17) is 23.2 Å². The van der Waals surface area contributed by atoms with E-state index in [-0.39, 0.29) is 17.4 Å². The van der Waals surface area contributed by atoms with E-state index in [9.17, 15) is 15.3 Å². The van der Waals surface area contributed by atoms with Crippen LogP contribution in [0.15, 0.2) is 95.7 Å². The summed E-state index contributed by atoms with van der Waals surface area (Å²) in [5.41, 5.74) is 3.85. The smallest absolute Gasteiger partial charge is 0.161 e. The average molecular weight is 489 g/mol. The summed E-state index contributed by atoms with van der Waals surface area (Å²) in [7, 11) is 0. The van der Waals surface area contributed by atoms with Crippen molar-refractivity contribution in [3.05, 3.63) is 117 Å². The van der Waals surface area contributed by atoms with Gasteiger partial charge in [0.25, 0.3) is 0 Å². The van der Waals surface area contributed by atoms with Gasteiger partial charge in [0, 0.05) is 50.5 Å². The van der Waals surface area contributed by atoms with Gasteiger partial charge in [-0.15, -0.1) is 0 Å². The molecule has 0 fully saturated rings. The van der Waals surface area contributed by atoms with Gasteiger partial charge in [0.2, 0.25) is 0 Å². The lowest BCUT2D eigenvalue weighted by Crippen LogP contribution is -2.42. The molecule has 3 aromatic carbocycles. The Hall–Kier alpha value is -3.34. The van der Waals surface area contributed by atoms with Crippen LogP contribution in [0.5, 0.6) is 0 Å². The van der Waals surface area contributed by atoms with Gasteiger partial charge >= 0.3 is 0 Å². The molecule has 0 saturated heterocycles. The summed E-state index contributed by atoms with van der Waals surface area (Å²) in [5, 5.41) is 21.9. The van der Waals surface area contributed by atoms with Crippen LogP contribution in [0.1, 0.15) is 36.3 Å². The first-order chi connectivity index (χ1) is 16.5. The zero-order valence-corrected chi connectivity index (χ0v) is 19.8. The first-order valence-electron chi connectivity index (χ1n) is 11.1. The molecule has 0 aromatic heterocycles. The SMILES string of the molecule is N=C1C(=C(O)c2ccccc2)[C@@H](c2ccc(Cl)cc2)C2=C(CCCC2=O)N1c1cccc(Cl)c1. The van der Waals surface area contributed by atoms with Gasteiger partial charge < -0.3 is 5.11 Å². The number of Topliss-reactive ketones (excluding diaryl/α,β-unsaturated/α-hetero) is 1. The highest BCUT2D eigenvalue weighted by Gasteiger charge is 2.43.